The predicted molar refractivity (Wildman–Crippen MR) is 106 cm³/mol. The Kier molecular flexibility index (Phi) is 6.57. The lowest BCUT2D eigenvalue weighted by Gasteiger charge is -2.28. The lowest BCUT2D eigenvalue weighted by Crippen LogP contribution is -2.29. The van der Waals surface area contributed by atoms with Gasteiger partial charge in [0.1, 0.15) is 13.0 Å². The fraction of sp³-hybridized carbons (Fsp3) is 0.429. The molecule has 7 nitrogen and oxygen atoms in total. The third kappa shape index (κ3) is 5.06. The molecule has 0 N–H and O–H groups in total. The molecule has 2 heterocycles. The van der Waals surface area contributed by atoms with Crippen LogP contribution in [0.15, 0.2) is 41.2 Å². The van der Waals surface area contributed by atoms with Crippen molar-refractivity contribution in [1.29, 1.82) is 0 Å². The number of anilines is 1. The van der Waals surface area contributed by atoms with Crippen LogP contribution < -0.4 is 10.5 Å². The highest BCUT2D eigenvalue weighted by atomic mass is 16.5. The van der Waals surface area contributed by atoms with E-state index < -0.39 is 11.8 Å². The summed E-state index contributed by atoms with van der Waals surface area (Å²) in [6, 6.07) is 11.1. The van der Waals surface area contributed by atoms with Crippen molar-refractivity contribution >= 4 is 17.4 Å². The zero-order chi connectivity index (χ0) is 19.9. The maximum absolute atomic E-state index is 12.0. The van der Waals surface area contributed by atoms with Gasteiger partial charge in [-0.1, -0.05) is 12.1 Å². The molecule has 0 aliphatic carbocycles. The van der Waals surface area contributed by atoms with Gasteiger partial charge in [0.15, 0.2) is 5.78 Å². The summed E-state index contributed by atoms with van der Waals surface area (Å²) in [4.78, 5) is 37.8. The standard InChI is InChI=1S/C21H25N3O4/c1-2-28-21(27)14-18(25)15-24-20(26)11-10-19(22-24)16-6-8-17(9-7-16)23-12-4-3-5-13-23/h6-11H,2-5,12-15H2,1H3. The highest BCUT2D eigenvalue weighted by Gasteiger charge is 2.14. The Hall–Kier alpha value is -2.96. The molecule has 0 radical (unpaired) electrons. The van der Waals surface area contributed by atoms with Crippen LogP contribution in [0.25, 0.3) is 11.3 Å². The van der Waals surface area contributed by atoms with E-state index in [9.17, 15) is 14.4 Å². The van der Waals surface area contributed by atoms with Crippen LogP contribution in [-0.2, 0) is 20.9 Å². The van der Waals surface area contributed by atoms with Crippen LogP contribution in [0.4, 0.5) is 5.69 Å². The number of hydrogen-bond donors (Lipinski definition) is 0. The fourth-order valence-electron chi connectivity index (χ4n) is 3.31. The number of carbonyl (C=O) groups excluding carboxylic acids is 2. The first kappa shape index (κ1) is 19.8. The number of aromatic nitrogens is 2. The van der Waals surface area contributed by atoms with Crippen molar-refractivity contribution in [3.05, 3.63) is 46.8 Å². The molecule has 0 unspecified atom stereocenters. The van der Waals surface area contributed by atoms with Crippen LogP contribution in [0.2, 0.25) is 0 Å². The summed E-state index contributed by atoms with van der Waals surface area (Å²) in [5, 5.41) is 4.30. The van der Waals surface area contributed by atoms with Crippen LogP contribution in [0, 0.1) is 0 Å². The third-order valence-corrected chi connectivity index (χ3v) is 4.72. The van der Waals surface area contributed by atoms with Crippen molar-refractivity contribution in [1.82, 2.24) is 9.78 Å². The number of Topliss-reactive ketones (excluding diaryl/α,β-unsaturated/α-hetero) is 1. The topological polar surface area (TPSA) is 81.5 Å². The molecule has 3 rings (SSSR count). The number of carbonyl (C=O) groups is 2. The van der Waals surface area contributed by atoms with Gasteiger partial charge in [0.05, 0.1) is 12.3 Å². The maximum Gasteiger partial charge on any atom is 0.313 e. The molecule has 1 aliphatic heterocycles. The Bertz CT molecular complexity index is 883. The van der Waals surface area contributed by atoms with E-state index in [-0.39, 0.29) is 25.1 Å². The zero-order valence-electron chi connectivity index (χ0n) is 16.1. The number of ether oxygens (including phenoxy) is 1. The highest BCUT2D eigenvalue weighted by molar-refractivity contribution is 5.95. The molecule has 0 amide bonds. The van der Waals surface area contributed by atoms with Crippen LogP contribution in [-0.4, -0.2) is 41.2 Å². The van der Waals surface area contributed by atoms with E-state index in [0.29, 0.717) is 5.69 Å². The molecule has 1 aromatic carbocycles. The molecule has 1 aromatic heterocycles. The minimum atomic E-state index is -0.593. The number of rotatable bonds is 7. The normalized spacial score (nSPS) is 14.0. The number of benzene rings is 1. The van der Waals surface area contributed by atoms with Crippen molar-refractivity contribution in [3.63, 3.8) is 0 Å². The number of hydrogen-bond acceptors (Lipinski definition) is 6. The second-order valence-corrected chi connectivity index (χ2v) is 6.83. The molecule has 1 aliphatic rings. The minimum Gasteiger partial charge on any atom is -0.466 e. The number of ketones is 1. The van der Waals surface area contributed by atoms with E-state index >= 15 is 0 Å². The molecule has 0 spiro atoms. The first-order valence-electron chi connectivity index (χ1n) is 9.67. The summed E-state index contributed by atoms with van der Waals surface area (Å²) in [7, 11) is 0. The summed E-state index contributed by atoms with van der Waals surface area (Å²) in [5.41, 5.74) is 2.27. The van der Waals surface area contributed by atoms with Crippen LogP contribution in [0.1, 0.15) is 32.6 Å². The smallest absolute Gasteiger partial charge is 0.313 e. The Labute approximate surface area is 163 Å². The molecule has 2 aromatic rings. The molecule has 7 heteroatoms. The molecular formula is C21H25N3O4. The van der Waals surface area contributed by atoms with Gasteiger partial charge in [0, 0.05) is 30.4 Å². The summed E-state index contributed by atoms with van der Waals surface area (Å²) >= 11 is 0. The van der Waals surface area contributed by atoms with Gasteiger partial charge in [-0.15, -0.1) is 0 Å². The van der Waals surface area contributed by atoms with Crippen molar-refractivity contribution in [3.8, 4) is 11.3 Å². The molecule has 0 bridgehead atoms. The zero-order valence-corrected chi connectivity index (χ0v) is 16.1. The lowest BCUT2D eigenvalue weighted by molar-refractivity contribution is -0.145. The van der Waals surface area contributed by atoms with Gasteiger partial charge in [-0.2, -0.15) is 5.10 Å². The molecule has 0 atom stereocenters. The summed E-state index contributed by atoms with van der Waals surface area (Å²) < 4.78 is 5.86. The largest absolute Gasteiger partial charge is 0.466 e. The van der Waals surface area contributed by atoms with Crippen LogP contribution in [0.5, 0.6) is 0 Å². The number of nitrogens with zero attached hydrogens (tertiary/aromatic N) is 3. The first-order chi connectivity index (χ1) is 13.6. The Morgan fingerprint density at radius 1 is 1.04 bits per heavy atom. The Morgan fingerprint density at radius 3 is 2.43 bits per heavy atom. The van der Waals surface area contributed by atoms with Crippen molar-refractivity contribution in [2.45, 2.75) is 39.2 Å². The lowest BCUT2D eigenvalue weighted by atomic mass is 10.1. The van der Waals surface area contributed by atoms with Crippen molar-refractivity contribution < 1.29 is 14.3 Å². The molecule has 148 valence electrons. The number of piperidine rings is 1. The predicted octanol–water partition coefficient (Wildman–Crippen LogP) is 2.42. The van der Waals surface area contributed by atoms with Gasteiger partial charge in [-0.05, 0) is 44.4 Å². The molecule has 0 saturated carbocycles. The second kappa shape index (κ2) is 9.30. The minimum absolute atomic E-state index is 0.215. The number of esters is 1. The Balaban J connectivity index is 1.72. The average Bonchev–Trinajstić information content (AvgIpc) is 2.70. The Morgan fingerprint density at radius 2 is 1.75 bits per heavy atom. The van der Waals surface area contributed by atoms with Gasteiger partial charge < -0.3 is 9.64 Å². The summed E-state index contributed by atoms with van der Waals surface area (Å²) in [5.74, 6) is -1.00. The second-order valence-electron chi connectivity index (χ2n) is 6.83. The van der Waals surface area contributed by atoms with Crippen LogP contribution >= 0.6 is 0 Å². The first-order valence-corrected chi connectivity index (χ1v) is 9.67. The quantitative estimate of drug-likeness (QED) is 0.540. The van der Waals surface area contributed by atoms with Gasteiger partial charge in [0.2, 0.25) is 0 Å². The molecule has 1 saturated heterocycles. The van der Waals surface area contributed by atoms with E-state index in [1.165, 1.54) is 31.0 Å². The van der Waals surface area contributed by atoms with E-state index in [4.69, 9.17) is 4.74 Å². The average molecular weight is 383 g/mol. The van der Waals surface area contributed by atoms with Crippen molar-refractivity contribution in [2.75, 3.05) is 24.6 Å². The highest BCUT2D eigenvalue weighted by Crippen LogP contribution is 2.23. The van der Waals surface area contributed by atoms with Gasteiger partial charge >= 0.3 is 5.97 Å². The van der Waals surface area contributed by atoms with Crippen LogP contribution in [0.3, 0.4) is 0 Å². The maximum atomic E-state index is 12.0. The SMILES string of the molecule is CCOC(=O)CC(=O)Cn1nc(-c2ccc(N3CCCCC3)cc2)ccc1=O. The van der Waals surface area contributed by atoms with Gasteiger partial charge in [-0.25, -0.2) is 4.68 Å². The van der Waals surface area contributed by atoms with E-state index in [2.05, 4.69) is 22.1 Å². The monoisotopic (exact) mass is 383 g/mol. The third-order valence-electron chi connectivity index (χ3n) is 4.72. The fourth-order valence-corrected chi connectivity index (χ4v) is 3.31. The summed E-state index contributed by atoms with van der Waals surface area (Å²) in [6.45, 7) is 3.79. The van der Waals surface area contributed by atoms with Gasteiger partial charge in [0.25, 0.3) is 5.56 Å². The van der Waals surface area contributed by atoms with E-state index in [1.54, 1.807) is 13.0 Å². The molecular weight excluding hydrogens is 358 g/mol. The van der Waals surface area contributed by atoms with E-state index in [1.807, 2.05) is 12.1 Å². The molecule has 28 heavy (non-hydrogen) atoms. The molecule has 1 fully saturated rings. The summed E-state index contributed by atoms with van der Waals surface area (Å²) in [6.07, 6.45) is 3.36. The van der Waals surface area contributed by atoms with Gasteiger partial charge in [-0.3, -0.25) is 14.4 Å². The van der Waals surface area contributed by atoms with Crippen molar-refractivity contribution in [2.24, 2.45) is 0 Å². The van der Waals surface area contributed by atoms with E-state index in [0.717, 1.165) is 23.3 Å².